The molecule has 1 fully saturated rings. The van der Waals surface area contributed by atoms with Gasteiger partial charge < -0.3 is 9.84 Å². The first-order valence-electron chi connectivity index (χ1n) is 5.62. The van der Waals surface area contributed by atoms with E-state index in [1.807, 2.05) is 13.0 Å². The third-order valence-electron chi connectivity index (χ3n) is 2.74. The van der Waals surface area contributed by atoms with E-state index in [-0.39, 0.29) is 0 Å². The Kier molecular flexibility index (Phi) is 3.38. The van der Waals surface area contributed by atoms with Crippen LogP contribution in [-0.4, -0.2) is 35.7 Å². The Hall–Kier alpha value is -0.870. The molecule has 84 valence electrons. The van der Waals surface area contributed by atoms with Gasteiger partial charge in [-0.15, -0.1) is 0 Å². The van der Waals surface area contributed by atoms with E-state index in [1.165, 1.54) is 6.42 Å². The van der Waals surface area contributed by atoms with Gasteiger partial charge in [-0.05, 0) is 33.4 Å². The molecule has 2 heterocycles. The fraction of sp³-hybridized carbons (Fsp3) is 0.727. The molecule has 1 atom stereocenters. The van der Waals surface area contributed by atoms with Gasteiger partial charge in [0.25, 0.3) is 0 Å². The third kappa shape index (κ3) is 3.04. The molecule has 0 spiro atoms. The third-order valence-corrected chi connectivity index (χ3v) is 2.74. The van der Waals surface area contributed by atoms with Crippen LogP contribution >= 0.6 is 0 Å². The molecule has 0 amide bonds. The van der Waals surface area contributed by atoms with Crippen LogP contribution in [0.5, 0.6) is 0 Å². The van der Waals surface area contributed by atoms with Gasteiger partial charge in [0.15, 0.2) is 0 Å². The largest absolute Gasteiger partial charge is 0.361 e. The van der Waals surface area contributed by atoms with Crippen LogP contribution in [0, 0.1) is 6.92 Å². The van der Waals surface area contributed by atoms with Gasteiger partial charge in [-0.3, -0.25) is 4.90 Å². The van der Waals surface area contributed by atoms with Crippen LogP contribution in [0.1, 0.15) is 24.8 Å². The number of hydrogen-bond donors (Lipinski definition) is 1. The zero-order valence-corrected chi connectivity index (χ0v) is 9.49. The summed E-state index contributed by atoms with van der Waals surface area (Å²) in [4.78, 5) is 2.43. The molecule has 1 saturated heterocycles. The number of aryl methyl sites for hydroxylation is 1. The molecular formula is C11H19N3O. The van der Waals surface area contributed by atoms with Crippen LogP contribution in [0.15, 0.2) is 10.6 Å². The van der Waals surface area contributed by atoms with E-state index in [9.17, 15) is 0 Å². The predicted octanol–water partition coefficient (Wildman–Crippen LogP) is 1.17. The maximum Gasteiger partial charge on any atom is 0.133 e. The first-order valence-corrected chi connectivity index (χ1v) is 5.62. The van der Waals surface area contributed by atoms with Gasteiger partial charge in [0, 0.05) is 25.2 Å². The van der Waals surface area contributed by atoms with Crippen LogP contribution in [0.2, 0.25) is 0 Å². The van der Waals surface area contributed by atoms with Crippen molar-refractivity contribution in [3.63, 3.8) is 0 Å². The second kappa shape index (κ2) is 4.77. The van der Waals surface area contributed by atoms with Gasteiger partial charge in [-0.1, -0.05) is 5.16 Å². The minimum absolute atomic E-state index is 0.570. The van der Waals surface area contributed by atoms with Crippen molar-refractivity contribution in [3.05, 3.63) is 17.5 Å². The van der Waals surface area contributed by atoms with Crippen molar-refractivity contribution in [1.29, 1.82) is 0 Å². The highest BCUT2D eigenvalue weighted by Crippen LogP contribution is 2.08. The van der Waals surface area contributed by atoms with Crippen LogP contribution < -0.4 is 5.32 Å². The van der Waals surface area contributed by atoms with Gasteiger partial charge in [0.2, 0.25) is 0 Å². The zero-order valence-electron chi connectivity index (χ0n) is 9.49. The number of nitrogens with zero attached hydrogens (tertiary/aromatic N) is 2. The summed E-state index contributed by atoms with van der Waals surface area (Å²) in [5.74, 6) is 0.894. The zero-order chi connectivity index (χ0) is 10.7. The number of rotatable bonds is 2. The molecule has 1 N–H and O–H groups in total. The van der Waals surface area contributed by atoms with E-state index in [4.69, 9.17) is 4.52 Å². The summed E-state index contributed by atoms with van der Waals surface area (Å²) < 4.78 is 5.07. The maximum atomic E-state index is 5.07. The molecule has 15 heavy (non-hydrogen) atoms. The van der Waals surface area contributed by atoms with Crippen LogP contribution in [0.3, 0.4) is 0 Å². The molecule has 4 heteroatoms. The normalized spacial score (nSPS) is 24.0. The molecule has 1 aliphatic rings. The topological polar surface area (TPSA) is 41.3 Å². The molecule has 0 bridgehead atoms. The molecule has 1 unspecified atom stereocenters. The molecule has 1 aromatic rings. The average Bonchev–Trinajstić information content (AvgIpc) is 2.46. The van der Waals surface area contributed by atoms with E-state index in [0.29, 0.717) is 6.04 Å². The maximum absolute atomic E-state index is 5.07. The van der Waals surface area contributed by atoms with E-state index < -0.39 is 0 Å². The van der Waals surface area contributed by atoms with Crippen molar-refractivity contribution < 1.29 is 4.52 Å². The first-order chi connectivity index (χ1) is 7.24. The summed E-state index contributed by atoms with van der Waals surface area (Å²) in [5.41, 5.74) is 1.04. The Morgan fingerprint density at radius 1 is 1.67 bits per heavy atom. The lowest BCUT2D eigenvalue weighted by molar-refractivity contribution is 0.255. The van der Waals surface area contributed by atoms with E-state index in [1.54, 1.807) is 0 Å². The standard InChI is InChI=1S/C11H19N3O/c1-9-7-14(5-3-4-12-9)8-11-6-10(2)15-13-11/h6,9,12H,3-5,7-8H2,1-2H3. The van der Waals surface area contributed by atoms with Crippen molar-refractivity contribution in [3.8, 4) is 0 Å². The summed E-state index contributed by atoms with van der Waals surface area (Å²) in [5, 5.41) is 7.51. The number of aromatic nitrogens is 1. The van der Waals surface area contributed by atoms with E-state index in [2.05, 4.69) is 22.3 Å². The predicted molar refractivity (Wildman–Crippen MR) is 58.6 cm³/mol. The molecule has 0 aromatic carbocycles. The summed E-state index contributed by atoms with van der Waals surface area (Å²) in [6.07, 6.45) is 1.21. The lowest BCUT2D eigenvalue weighted by Crippen LogP contribution is -2.35. The van der Waals surface area contributed by atoms with Gasteiger partial charge in [-0.25, -0.2) is 0 Å². The van der Waals surface area contributed by atoms with Gasteiger partial charge >= 0.3 is 0 Å². The minimum atomic E-state index is 0.570. The number of hydrogen-bond acceptors (Lipinski definition) is 4. The second-order valence-corrected chi connectivity index (χ2v) is 4.37. The van der Waals surface area contributed by atoms with Crippen molar-refractivity contribution in [2.75, 3.05) is 19.6 Å². The lowest BCUT2D eigenvalue weighted by Gasteiger charge is -2.20. The highest BCUT2D eigenvalue weighted by molar-refractivity contribution is 5.03. The molecule has 1 aromatic heterocycles. The highest BCUT2D eigenvalue weighted by Gasteiger charge is 2.15. The van der Waals surface area contributed by atoms with Gasteiger partial charge in [0.1, 0.15) is 5.76 Å². The Labute approximate surface area is 90.6 Å². The molecule has 0 aliphatic carbocycles. The fourth-order valence-electron chi connectivity index (χ4n) is 2.06. The van der Waals surface area contributed by atoms with Crippen molar-refractivity contribution in [1.82, 2.24) is 15.4 Å². The van der Waals surface area contributed by atoms with Crippen LogP contribution in [-0.2, 0) is 6.54 Å². The molecule has 1 aliphatic heterocycles. The van der Waals surface area contributed by atoms with Crippen molar-refractivity contribution in [2.24, 2.45) is 0 Å². The Morgan fingerprint density at radius 2 is 2.53 bits per heavy atom. The summed E-state index contributed by atoms with van der Waals surface area (Å²) in [6.45, 7) is 8.42. The lowest BCUT2D eigenvalue weighted by atomic mass is 10.3. The smallest absolute Gasteiger partial charge is 0.133 e. The molecular weight excluding hydrogens is 190 g/mol. The average molecular weight is 209 g/mol. The van der Waals surface area contributed by atoms with Crippen LogP contribution in [0.25, 0.3) is 0 Å². The number of nitrogens with one attached hydrogen (secondary N) is 1. The molecule has 0 saturated carbocycles. The van der Waals surface area contributed by atoms with Gasteiger partial charge in [-0.2, -0.15) is 0 Å². The fourth-order valence-corrected chi connectivity index (χ4v) is 2.06. The summed E-state index contributed by atoms with van der Waals surface area (Å²) >= 11 is 0. The molecule has 2 rings (SSSR count). The SMILES string of the molecule is Cc1cc(CN2CCCNC(C)C2)no1. The first kappa shape index (κ1) is 10.6. The minimum Gasteiger partial charge on any atom is -0.361 e. The Balaban J connectivity index is 1.92. The second-order valence-electron chi connectivity index (χ2n) is 4.37. The Morgan fingerprint density at radius 3 is 3.27 bits per heavy atom. The van der Waals surface area contributed by atoms with Gasteiger partial charge in [0.05, 0.1) is 5.69 Å². The summed E-state index contributed by atoms with van der Waals surface area (Å²) in [7, 11) is 0. The highest BCUT2D eigenvalue weighted by atomic mass is 16.5. The monoisotopic (exact) mass is 209 g/mol. The quantitative estimate of drug-likeness (QED) is 0.793. The van der Waals surface area contributed by atoms with E-state index in [0.717, 1.165) is 37.6 Å². The summed E-state index contributed by atoms with van der Waals surface area (Å²) in [6, 6.07) is 2.59. The van der Waals surface area contributed by atoms with Crippen LogP contribution in [0.4, 0.5) is 0 Å². The van der Waals surface area contributed by atoms with Crippen molar-refractivity contribution >= 4 is 0 Å². The van der Waals surface area contributed by atoms with Crippen molar-refractivity contribution in [2.45, 2.75) is 32.9 Å². The molecule has 0 radical (unpaired) electrons. The Bertz CT molecular complexity index is 311. The molecule has 4 nitrogen and oxygen atoms in total. The van der Waals surface area contributed by atoms with E-state index >= 15 is 0 Å².